The number of halogens is 1. The van der Waals surface area contributed by atoms with Gasteiger partial charge < -0.3 is 11.1 Å². The van der Waals surface area contributed by atoms with Crippen LogP contribution in [0.4, 0.5) is 5.82 Å². The van der Waals surface area contributed by atoms with Crippen molar-refractivity contribution in [2.45, 2.75) is 13.8 Å². The maximum Gasteiger partial charge on any atom is 0.224 e. The number of carbonyl (C=O) groups excluding carboxylic acids is 1. The Hall–Kier alpha value is -1.36. The smallest absolute Gasteiger partial charge is 0.224 e. The molecule has 0 radical (unpaired) electrons. The van der Waals surface area contributed by atoms with Gasteiger partial charge in [0.25, 0.3) is 0 Å². The summed E-state index contributed by atoms with van der Waals surface area (Å²) in [5.41, 5.74) is 4.58. The van der Waals surface area contributed by atoms with E-state index in [9.17, 15) is 4.79 Å². The van der Waals surface area contributed by atoms with Gasteiger partial charge in [0.2, 0.25) is 5.91 Å². The van der Waals surface area contributed by atoms with Crippen LogP contribution in [0.3, 0.4) is 0 Å². The Morgan fingerprint density at radius 2 is 2.33 bits per heavy atom. The molecule has 0 bridgehead atoms. The lowest BCUT2D eigenvalue weighted by molar-refractivity contribution is -0.125. The first-order chi connectivity index (χ1) is 6.93. The summed E-state index contributed by atoms with van der Waals surface area (Å²) in [6.07, 6.45) is 2.86. The minimum absolute atomic E-state index is 0.374. The van der Waals surface area contributed by atoms with E-state index in [0.29, 0.717) is 17.4 Å². The van der Waals surface area contributed by atoms with Gasteiger partial charge in [-0.15, -0.1) is 0 Å². The van der Waals surface area contributed by atoms with Gasteiger partial charge in [-0.1, -0.05) is 11.6 Å². The number of hydrogen-bond acceptors (Lipinski definition) is 4. The highest BCUT2D eigenvalue weighted by molar-refractivity contribution is 6.32. The van der Waals surface area contributed by atoms with Crippen molar-refractivity contribution in [3.05, 3.63) is 17.5 Å². The first-order valence-electron chi connectivity index (χ1n) is 4.43. The Kier molecular flexibility index (Phi) is 3.47. The molecule has 0 aliphatic carbocycles. The van der Waals surface area contributed by atoms with Gasteiger partial charge in [0, 0.05) is 6.54 Å². The first-order valence-corrected chi connectivity index (χ1v) is 4.80. The van der Waals surface area contributed by atoms with Crippen LogP contribution in [0.5, 0.6) is 0 Å². The number of amides is 1. The molecule has 0 saturated heterocycles. The number of nitrogens with one attached hydrogen (secondary N) is 1. The molecule has 1 aromatic rings. The Morgan fingerprint density at radius 3 is 2.87 bits per heavy atom. The molecule has 1 heterocycles. The second-order valence-corrected chi connectivity index (χ2v) is 4.23. The zero-order valence-electron chi connectivity index (χ0n) is 8.62. The summed E-state index contributed by atoms with van der Waals surface area (Å²) in [6.45, 7) is 3.87. The molecule has 0 aromatic carbocycles. The number of nitrogens with zero attached hydrogens (tertiary/aromatic N) is 2. The van der Waals surface area contributed by atoms with Gasteiger partial charge in [0.15, 0.2) is 0 Å². The van der Waals surface area contributed by atoms with Crippen LogP contribution < -0.4 is 11.1 Å². The molecule has 0 unspecified atom stereocenters. The molecule has 3 N–H and O–H groups in total. The molecule has 0 saturated carbocycles. The van der Waals surface area contributed by atoms with E-state index in [1.807, 2.05) is 0 Å². The molecular formula is C9H13ClN4O. The van der Waals surface area contributed by atoms with E-state index in [-0.39, 0.29) is 5.91 Å². The number of aromatic nitrogens is 2. The summed E-state index contributed by atoms with van der Waals surface area (Å²) in [5.74, 6) is 0.126. The molecule has 0 aliphatic heterocycles. The molecule has 5 nitrogen and oxygen atoms in total. The molecule has 1 aromatic heterocycles. The van der Waals surface area contributed by atoms with E-state index in [2.05, 4.69) is 15.3 Å². The van der Waals surface area contributed by atoms with Crippen LogP contribution in [0.15, 0.2) is 12.5 Å². The summed E-state index contributed by atoms with van der Waals surface area (Å²) in [6, 6.07) is 0. The summed E-state index contributed by atoms with van der Waals surface area (Å²) in [4.78, 5) is 18.7. The lowest BCUT2D eigenvalue weighted by atomic mass is 9.93. The summed E-state index contributed by atoms with van der Waals surface area (Å²) >= 11 is 5.83. The van der Waals surface area contributed by atoms with Crippen molar-refractivity contribution in [3.63, 3.8) is 0 Å². The van der Waals surface area contributed by atoms with Crippen molar-refractivity contribution in [1.29, 1.82) is 0 Å². The maximum absolute atomic E-state index is 11.0. The Balaban J connectivity index is 2.66. The fourth-order valence-electron chi connectivity index (χ4n) is 0.835. The number of anilines is 1. The van der Waals surface area contributed by atoms with Gasteiger partial charge in [-0.05, 0) is 13.8 Å². The van der Waals surface area contributed by atoms with E-state index >= 15 is 0 Å². The highest BCUT2D eigenvalue weighted by Gasteiger charge is 2.24. The van der Waals surface area contributed by atoms with Gasteiger partial charge in [0.05, 0.1) is 11.6 Å². The normalized spacial score (nSPS) is 11.1. The number of rotatable bonds is 4. The van der Waals surface area contributed by atoms with Crippen LogP contribution in [-0.4, -0.2) is 22.4 Å². The fraction of sp³-hybridized carbons (Fsp3) is 0.444. The Labute approximate surface area is 93.0 Å². The van der Waals surface area contributed by atoms with Crippen LogP contribution in [0.2, 0.25) is 5.02 Å². The topological polar surface area (TPSA) is 80.9 Å². The standard InChI is InChI=1S/C9H13ClN4O/c1-9(2,8(11)15)4-13-7-6(10)3-12-5-14-7/h3,5H,4H2,1-2H3,(H2,11,15)(H,12,13,14). The number of hydrogen-bond donors (Lipinski definition) is 2. The molecule has 0 spiro atoms. The van der Waals surface area contributed by atoms with E-state index in [0.717, 1.165) is 0 Å². The van der Waals surface area contributed by atoms with Crippen LogP contribution >= 0.6 is 11.6 Å². The van der Waals surface area contributed by atoms with Gasteiger partial charge in [-0.25, -0.2) is 9.97 Å². The maximum atomic E-state index is 11.0. The van der Waals surface area contributed by atoms with Crippen molar-refractivity contribution >= 4 is 23.3 Å². The molecule has 82 valence electrons. The molecular weight excluding hydrogens is 216 g/mol. The van der Waals surface area contributed by atoms with E-state index in [1.54, 1.807) is 13.8 Å². The zero-order chi connectivity index (χ0) is 11.5. The highest BCUT2D eigenvalue weighted by atomic mass is 35.5. The molecule has 0 aliphatic rings. The largest absolute Gasteiger partial charge is 0.369 e. The van der Waals surface area contributed by atoms with Crippen molar-refractivity contribution in [2.75, 3.05) is 11.9 Å². The molecule has 0 fully saturated rings. The minimum atomic E-state index is -0.645. The Morgan fingerprint density at radius 1 is 1.67 bits per heavy atom. The highest BCUT2D eigenvalue weighted by Crippen LogP contribution is 2.19. The third kappa shape index (κ3) is 3.06. The summed E-state index contributed by atoms with van der Waals surface area (Å²) in [5, 5.41) is 3.37. The number of primary amides is 1. The second kappa shape index (κ2) is 4.44. The SMILES string of the molecule is CC(C)(CNc1ncncc1Cl)C(N)=O. The quantitative estimate of drug-likeness (QED) is 0.807. The third-order valence-corrected chi connectivity index (χ3v) is 2.31. The molecule has 15 heavy (non-hydrogen) atoms. The van der Waals surface area contributed by atoms with Crippen molar-refractivity contribution in [3.8, 4) is 0 Å². The predicted molar refractivity (Wildman–Crippen MR) is 58.5 cm³/mol. The predicted octanol–water partition coefficient (Wildman–Crippen LogP) is 1.05. The number of carbonyl (C=O) groups is 1. The zero-order valence-corrected chi connectivity index (χ0v) is 9.38. The lowest BCUT2D eigenvalue weighted by Gasteiger charge is -2.21. The Bertz CT molecular complexity index is 367. The third-order valence-electron chi connectivity index (χ3n) is 2.03. The minimum Gasteiger partial charge on any atom is -0.369 e. The fourth-order valence-corrected chi connectivity index (χ4v) is 1.01. The molecule has 0 atom stereocenters. The van der Waals surface area contributed by atoms with Crippen LogP contribution in [0.1, 0.15) is 13.8 Å². The van der Waals surface area contributed by atoms with Crippen LogP contribution in [-0.2, 0) is 4.79 Å². The van der Waals surface area contributed by atoms with Crippen molar-refractivity contribution in [1.82, 2.24) is 9.97 Å². The van der Waals surface area contributed by atoms with Crippen LogP contribution in [0, 0.1) is 5.41 Å². The van der Waals surface area contributed by atoms with Gasteiger partial charge in [0.1, 0.15) is 17.2 Å². The van der Waals surface area contributed by atoms with Gasteiger partial charge in [-0.2, -0.15) is 0 Å². The van der Waals surface area contributed by atoms with Crippen molar-refractivity contribution < 1.29 is 4.79 Å². The monoisotopic (exact) mass is 228 g/mol. The van der Waals surface area contributed by atoms with E-state index < -0.39 is 5.41 Å². The average molecular weight is 229 g/mol. The van der Waals surface area contributed by atoms with Gasteiger partial charge >= 0.3 is 0 Å². The van der Waals surface area contributed by atoms with Crippen molar-refractivity contribution in [2.24, 2.45) is 11.1 Å². The van der Waals surface area contributed by atoms with E-state index in [4.69, 9.17) is 17.3 Å². The molecule has 1 rings (SSSR count). The number of nitrogens with two attached hydrogens (primary N) is 1. The summed E-state index contributed by atoms with van der Waals surface area (Å²) in [7, 11) is 0. The first kappa shape index (κ1) is 11.7. The average Bonchev–Trinajstić information content (AvgIpc) is 2.16. The molecule has 6 heteroatoms. The summed E-state index contributed by atoms with van der Waals surface area (Å²) < 4.78 is 0. The lowest BCUT2D eigenvalue weighted by Crippen LogP contribution is -2.37. The molecule has 1 amide bonds. The second-order valence-electron chi connectivity index (χ2n) is 3.82. The van der Waals surface area contributed by atoms with Crippen LogP contribution in [0.25, 0.3) is 0 Å². The van der Waals surface area contributed by atoms with E-state index in [1.165, 1.54) is 12.5 Å². The van der Waals surface area contributed by atoms with Gasteiger partial charge in [-0.3, -0.25) is 4.79 Å².